The van der Waals surface area contributed by atoms with E-state index >= 15 is 0 Å². The van der Waals surface area contributed by atoms with E-state index in [9.17, 15) is 4.79 Å². The quantitative estimate of drug-likeness (QED) is 0.625. The van der Waals surface area contributed by atoms with Crippen LogP contribution >= 0.6 is 0 Å². The molecule has 0 radical (unpaired) electrons. The molecule has 0 aliphatic rings. The number of pyridine rings is 1. The first kappa shape index (κ1) is 15.0. The van der Waals surface area contributed by atoms with E-state index in [4.69, 9.17) is 5.10 Å². The lowest BCUT2D eigenvalue weighted by molar-refractivity contribution is -0.114. The van der Waals surface area contributed by atoms with Gasteiger partial charge in [0.25, 0.3) is 0 Å². The number of amides is 1. The van der Waals surface area contributed by atoms with Gasteiger partial charge in [0.15, 0.2) is 5.65 Å². The molecule has 1 amide bonds. The number of hydrogen-bond donors (Lipinski definition) is 1. The van der Waals surface area contributed by atoms with Crippen molar-refractivity contribution in [2.75, 3.05) is 5.32 Å². The molecule has 6 heteroatoms. The van der Waals surface area contributed by atoms with Crippen LogP contribution < -0.4 is 5.32 Å². The summed E-state index contributed by atoms with van der Waals surface area (Å²) in [5.41, 5.74) is 5.12. The number of carbonyl (C=O) groups excluding carboxylic acids is 1. The Morgan fingerprint density at radius 2 is 1.88 bits per heavy atom. The molecule has 0 spiro atoms. The average molecular weight is 329 g/mol. The summed E-state index contributed by atoms with van der Waals surface area (Å²) in [5.74, 6) is -0.103. The fourth-order valence-corrected chi connectivity index (χ4v) is 2.71. The predicted octanol–water partition coefficient (Wildman–Crippen LogP) is 3.42. The second-order valence-corrected chi connectivity index (χ2v) is 5.63. The summed E-state index contributed by atoms with van der Waals surface area (Å²) in [6, 6.07) is 15.3. The van der Waals surface area contributed by atoms with Gasteiger partial charge in [0.1, 0.15) is 0 Å². The van der Waals surface area contributed by atoms with Crippen LogP contribution in [0.25, 0.3) is 28.2 Å². The van der Waals surface area contributed by atoms with Crippen LogP contribution in [0.15, 0.2) is 67.1 Å². The minimum absolute atomic E-state index is 0.103. The SMILES string of the molecule is CC(=O)Nc1cccc(-c2cnc3ccc(-c4ccncc4)nn23)c1. The number of carbonyl (C=O) groups is 1. The molecular weight excluding hydrogens is 314 g/mol. The van der Waals surface area contributed by atoms with E-state index in [0.717, 1.165) is 33.8 Å². The van der Waals surface area contributed by atoms with Crippen LogP contribution in [0.4, 0.5) is 5.69 Å². The molecular formula is C19H15N5O. The molecule has 1 N–H and O–H groups in total. The Balaban J connectivity index is 1.81. The molecule has 122 valence electrons. The monoisotopic (exact) mass is 329 g/mol. The summed E-state index contributed by atoms with van der Waals surface area (Å²) in [7, 11) is 0. The summed E-state index contributed by atoms with van der Waals surface area (Å²) in [5, 5.41) is 7.51. The molecule has 0 aliphatic carbocycles. The van der Waals surface area contributed by atoms with Gasteiger partial charge in [-0.15, -0.1) is 0 Å². The van der Waals surface area contributed by atoms with Crippen LogP contribution in [0.2, 0.25) is 0 Å². The number of nitrogens with zero attached hydrogens (tertiary/aromatic N) is 4. The van der Waals surface area contributed by atoms with Crippen molar-refractivity contribution in [2.45, 2.75) is 6.92 Å². The van der Waals surface area contributed by atoms with Crippen LogP contribution in [0, 0.1) is 0 Å². The topological polar surface area (TPSA) is 72.2 Å². The van der Waals surface area contributed by atoms with E-state index in [1.165, 1.54) is 6.92 Å². The average Bonchev–Trinajstić information content (AvgIpc) is 3.05. The molecule has 25 heavy (non-hydrogen) atoms. The van der Waals surface area contributed by atoms with E-state index < -0.39 is 0 Å². The number of imidazole rings is 1. The zero-order valence-electron chi connectivity index (χ0n) is 13.5. The van der Waals surface area contributed by atoms with Crippen molar-refractivity contribution in [1.82, 2.24) is 19.6 Å². The minimum Gasteiger partial charge on any atom is -0.326 e. The van der Waals surface area contributed by atoms with Gasteiger partial charge in [-0.25, -0.2) is 9.50 Å². The van der Waals surface area contributed by atoms with E-state index in [0.29, 0.717) is 0 Å². The maximum atomic E-state index is 11.3. The van der Waals surface area contributed by atoms with Gasteiger partial charge in [0.2, 0.25) is 5.91 Å². The predicted molar refractivity (Wildman–Crippen MR) is 96.0 cm³/mol. The first-order valence-corrected chi connectivity index (χ1v) is 7.84. The highest BCUT2D eigenvalue weighted by Gasteiger charge is 2.10. The van der Waals surface area contributed by atoms with Crippen molar-refractivity contribution in [3.63, 3.8) is 0 Å². The van der Waals surface area contributed by atoms with Gasteiger partial charge < -0.3 is 5.32 Å². The first-order valence-electron chi connectivity index (χ1n) is 7.84. The lowest BCUT2D eigenvalue weighted by Gasteiger charge is -2.07. The Hall–Kier alpha value is -3.54. The third kappa shape index (κ3) is 2.97. The molecule has 4 rings (SSSR count). The van der Waals surface area contributed by atoms with Gasteiger partial charge in [-0.2, -0.15) is 5.10 Å². The summed E-state index contributed by atoms with van der Waals surface area (Å²) in [4.78, 5) is 19.7. The Labute approximate surface area is 144 Å². The zero-order chi connectivity index (χ0) is 17.2. The van der Waals surface area contributed by atoms with Gasteiger partial charge in [-0.1, -0.05) is 12.1 Å². The Morgan fingerprint density at radius 3 is 2.68 bits per heavy atom. The summed E-state index contributed by atoms with van der Waals surface area (Å²) in [6.07, 6.45) is 5.27. The number of nitrogens with one attached hydrogen (secondary N) is 1. The lowest BCUT2D eigenvalue weighted by Crippen LogP contribution is -2.05. The standard InChI is InChI=1S/C19H15N5O/c1-13(25)22-16-4-2-3-15(11-16)18-12-21-19-6-5-17(23-24(18)19)14-7-9-20-10-8-14/h2-12H,1H3,(H,22,25). The van der Waals surface area contributed by atoms with Crippen molar-refractivity contribution in [1.29, 1.82) is 0 Å². The van der Waals surface area contributed by atoms with Gasteiger partial charge in [-0.3, -0.25) is 9.78 Å². The smallest absolute Gasteiger partial charge is 0.221 e. The molecule has 0 aliphatic heterocycles. The summed E-state index contributed by atoms with van der Waals surface area (Å²) < 4.78 is 1.81. The largest absolute Gasteiger partial charge is 0.326 e. The second-order valence-electron chi connectivity index (χ2n) is 5.63. The molecule has 0 unspecified atom stereocenters. The third-order valence-electron chi connectivity index (χ3n) is 3.82. The van der Waals surface area contributed by atoms with Crippen LogP contribution in [-0.2, 0) is 4.79 Å². The second kappa shape index (κ2) is 6.16. The number of fused-ring (bicyclic) bond motifs is 1. The van der Waals surface area contributed by atoms with Crippen molar-refractivity contribution in [3.8, 4) is 22.5 Å². The lowest BCUT2D eigenvalue weighted by atomic mass is 10.1. The molecule has 0 bridgehead atoms. The molecule has 3 aromatic heterocycles. The van der Waals surface area contributed by atoms with Gasteiger partial charge >= 0.3 is 0 Å². The fraction of sp³-hybridized carbons (Fsp3) is 0.0526. The van der Waals surface area contributed by atoms with Crippen LogP contribution in [0.5, 0.6) is 0 Å². The summed E-state index contributed by atoms with van der Waals surface area (Å²) in [6.45, 7) is 1.49. The number of anilines is 1. The van der Waals surface area contributed by atoms with Gasteiger partial charge in [-0.05, 0) is 36.4 Å². The van der Waals surface area contributed by atoms with Crippen LogP contribution in [0.1, 0.15) is 6.92 Å². The molecule has 0 saturated carbocycles. The molecule has 1 aromatic carbocycles. The highest BCUT2D eigenvalue weighted by atomic mass is 16.1. The van der Waals surface area contributed by atoms with Gasteiger partial charge in [0.05, 0.1) is 17.6 Å². The Kier molecular flexibility index (Phi) is 3.70. The van der Waals surface area contributed by atoms with Crippen molar-refractivity contribution < 1.29 is 4.79 Å². The van der Waals surface area contributed by atoms with Crippen molar-refractivity contribution in [2.24, 2.45) is 0 Å². The zero-order valence-corrected chi connectivity index (χ0v) is 13.5. The number of rotatable bonds is 3. The molecule has 6 nitrogen and oxygen atoms in total. The highest BCUT2D eigenvalue weighted by Crippen LogP contribution is 2.24. The third-order valence-corrected chi connectivity index (χ3v) is 3.82. The maximum Gasteiger partial charge on any atom is 0.221 e. The number of aromatic nitrogens is 4. The molecule has 0 saturated heterocycles. The van der Waals surface area contributed by atoms with E-state index in [1.54, 1.807) is 18.6 Å². The normalized spacial score (nSPS) is 10.8. The van der Waals surface area contributed by atoms with Crippen LogP contribution in [-0.4, -0.2) is 25.5 Å². The molecule has 0 atom stereocenters. The highest BCUT2D eigenvalue weighted by molar-refractivity contribution is 5.89. The fourth-order valence-electron chi connectivity index (χ4n) is 2.71. The first-order chi connectivity index (χ1) is 12.2. The number of benzene rings is 1. The molecule has 0 fully saturated rings. The Bertz CT molecular complexity index is 1060. The molecule has 4 aromatic rings. The van der Waals surface area contributed by atoms with E-state index in [1.807, 2.05) is 53.0 Å². The minimum atomic E-state index is -0.103. The maximum absolute atomic E-state index is 11.3. The number of hydrogen-bond acceptors (Lipinski definition) is 4. The van der Waals surface area contributed by atoms with E-state index in [2.05, 4.69) is 15.3 Å². The Morgan fingerprint density at radius 1 is 1.04 bits per heavy atom. The van der Waals surface area contributed by atoms with Crippen molar-refractivity contribution in [3.05, 3.63) is 67.1 Å². The molecule has 3 heterocycles. The van der Waals surface area contributed by atoms with Crippen LogP contribution in [0.3, 0.4) is 0 Å². The van der Waals surface area contributed by atoms with Gasteiger partial charge in [0, 0.05) is 36.1 Å². The summed E-state index contributed by atoms with van der Waals surface area (Å²) >= 11 is 0. The van der Waals surface area contributed by atoms with E-state index in [-0.39, 0.29) is 5.91 Å². The van der Waals surface area contributed by atoms with Crippen molar-refractivity contribution >= 4 is 17.2 Å².